The van der Waals surface area contributed by atoms with Gasteiger partial charge in [0.15, 0.2) is 0 Å². The van der Waals surface area contributed by atoms with Crippen LogP contribution in [0.25, 0.3) is 10.9 Å². The number of hydrogen-bond donors (Lipinski definition) is 0. The second kappa shape index (κ2) is 5.19. The number of methoxy groups -OCH3 is 1. The van der Waals surface area contributed by atoms with Crippen LogP contribution in [0.3, 0.4) is 0 Å². The summed E-state index contributed by atoms with van der Waals surface area (Å²) in [4.78, 5) is 0. The van der Waals surface area contributed by atoms with Crippen molar-refractivity contribution in [2.75, 3.05) is 20.3 Å². The molecule has 3 aliphatic rings. The minimum absolute atomic E-state index is 0.0108. The topological polar surface area (TPSA) is 45.5 Å². The number of halogens is 1. The molecule has 3 heterocycles. The Morgan fingerprint density at radius 1 is 1.39 bits per heavy atom. The van der Waals surface area contributed by atoms with E-state index in [0.717, 1.165) is 34.0 Å². The highest BCUT2D eigenvalue weighted by atomic mass is 79.9. The molecule has 0 unspecified atom stereocenters. The predicted octanol–water partition coefficient (Wildman–Crippen LogP) is 3.49. The van der Waals surface area contributed by atoms with E-state index < -0.39 is 0 Å². The monoisotopic (exact) mass is 380 g/mol. The molecule has 23 heavy (non-hydrogen) atoms. The van der Waals surface area contributed by atoms with Gasteiger partial charge in [0.2, 0.25) is 0 Å². The number of rotatable bonds is 5. The summed E-state index contributed by atoms with van der Waals surface area (Å²) in [5.41, 5.74) is 0.844. The van der Waals surface area contributed by atoms with Crippen molar-refractivity contribution >= 4 is 26.8 Å². The number of nitrogens with zero attached hydrogens (tertiary/aromatic N) is 2. The summed E-state index contributed by atoms with van der Waals surface area (Å²) in [5.74, 6) is 0.834. The molecule has 1 aliphatic carbocycles. The number of benzene rings is 1. The van der Waals surface area contributed by atoms with Gasteiger partial charge in [-0.05, 0) is 35.8 Å². The van der Waals surface area contributed by atoms with Crippen molar-refractivity contribution < 1.29 is 14.2 Å². The molecule has 5 nitrogen and oxygen atoms in total. The van der Waals surface area contributed by atoms with Crippen molar-refractivity contribution in [1.82, 2.24) is 9.78 Å². The van der Waals surface area contributed by atoms with Gasteiger partial charge in [-0.25, -0.2) is 0 Å². The van der Waals surface area contributed by atoms with Crippen LogP contribution in [-0.2, 0) is 15.0 Å². The fourth-order valence-electron chi connectivity index (χ4n) is 3.89. The van der Waals surface area contributed by atoms with Crippen LogP contribution in [0.1, 0.15) is 26.7 Å². The van der Waals surface area contributed by atoms with Crippen LogP contribution in [0.15, 0.2) is 22.8 Å². The lowest BCUT2D eigenvalue weighted by Gasteiger charge is -2.43. The van der Waals surface area contributed by atoms with E-state index >= 15 is 0 Å². The third kappa shape index (κ3) is 2.39. The Morgan fingerprint density at radius 2 is 2.17 bits per heavy atom. The van der Waals surface area contributed by atoms with E-state index in [2.05, 4.69) is 32.9 Å². The molecule has 1 aromatic carbocycles. The van der Waals surface area contributed by atoms with Crippen LogP contribution < -0.4 is 4.74 Å². The van der Waals surface area contributed by atoms with Gasteiger partial charge in [-0.3, -0.25) is 4.68 Å². The molecule has 2 aromatic rings. The fourth-order valence-corrected chi connectivity index (χ4v) is 4.34. The van der Waals surface area contributed by atoms with Gasteiger partial charge < -0.3 is 14.2 Å². The zero-order chi connectivity index (χ0) is 16.2. The van der Waals surface area contributed by atoms with Gasteiger partial charge in [0, 0.05) is 37.6 Å². The van der Waals surface area contributed by atoms with Gasteiger partial charge in [0.05, 0.1) is 40.4 Å². The third-order valence-electron chi connectivity index (χ3n) is 4.76. The van der Waals surface area contributed by atoms with Gasteiger partial charge in [-0.1, -0.05) is 0 Å². The van der Waals surface area contributed by atoms with Crippen molar-refractivity contribution in [1.29, 1.82) is 0 Å². The molecule has 0 spiro atoms. The Balaban J connectivity index is 1.66. The average Bonchev–Trinajstić information content (AvgIpc) is 3.09. The van der Waals surface area contributed by atoms with E-state index in [9.17, 15) is 0 Å². The lowest BCUT2D eigenvalue weighted by molar-refractivity contribution is -0.0694. The first-order chi connectivity index (χ1) is 11.0. The highest BCUT2D eigenvalue weighted by Crippen LogP contribution is 2.56. The smallest absolute Gasteiger partial charge is 0.136 e. The standard InChI is InChI=1S/C17H21BrN2O3/c1-11(2)23-15-5-14-12(4-13(15)18)6-20(19-14)16-7-17(8-16,10-21-3)22-9-16/h4-6,11H,7-10H2,1-3H3. The fraction of sp³-hybridized carbons (Fsp3) is 0.588. The van der Waals surface area contributed by atoms with Gasteiger partial charge in [0.1, 0.15) is 5.75 Å². The zero-order valence-electron chi connectivity index (χ0n) is 13.6. The van der Waals surface area contributed by atoms with E-state index in [4.69, 9.17) is 19.3 Å². The summed E-state index contributed by atoms with van der Waals surface area (Å²) in [7, 11) is 1.73. The third-order valence-corrected chi connectivity index (χ3v) is 5.38. The highest BCUT2D eigenvalue weighted by Gasteiger charge is 2.64. The molecule has 6 heteroatoms. The molecule has 2 saturated heterocycles. The molecule has 3 fully saturated rings. The van der Waals surface area contributed by atoms with E-state index in [1.807, 2.05) is 19.9 Å². The van der Waals surface area contributed by atoms with E-state index in [1.54, 1.807) is 7.11 Å². The van der Waals surface area contributed by atoms with Crippen molar-refractivity contribution in [2.45, 2.75) is 43.9 Å². The molecule has 1 saturated carbocycles. The number of aromatic nitrogens is 2. The summed E-state index contributed by atoms with van der Waals surface area (Å²) in [6.45, 7) is 5.41. The lowest BCUT2D eigenvalue weighted by atomic mass is 9.69. The van der Waals surface area contributed by atoms with E-state index in [1.165, 1.54) is 0 Å². The highest BCUT2D eigenvalue weighted by molar-refractivity contribution is 9.10. The molecule has 2 aliphatic heterocycles. The molecule has 124 valence electrons. The molecule has 0 amide bonds. The Hall–Kier alpha value is -1.11. The minimum atomic E-state index is -0.0978. The maximum absolute atomic E-state index is 5.99. The number of hydrogen-bond acceptors (Lipinski definition) is 4. The van der Waals surface area contributed by atoms with Crippen molar-refractivity contribution in [3.05, 3.63) is 22.8 Å². The zero-order valence-corrected chi connectivity index (χ0v) is 15.2. The van der Waals surface area contributed by atoms with Crippen LogP contribution in [0, 0.1) is 0 Å². The van der Waals surface area contributed by atoms with Crippen LogP contribution in [0.5, 0.6) is 5.75 Å². The Morgan fingerprint density at radius 3 is 2.87 bits per heavy atom. The van der Waals surface area contributed by atoms with E-state index in [0.29, 0.717) is 13.2 Å². The molecule has 1 aromatic heterocycles. The Bertz CT molecular complexity index is 750. The summed E-state index contributed by atoms with van der Waals surface area (Å²) in [6, 6.07) is 4.08. The molecule has 0 radical (unpaired) electrons. The average molecular weight is 381 g/mol. The summed E-state index contributed by atoms with van der Waals surface area (Å²) >= 11 is 3.59. The SMILES string of the molecule is COCC12CC(n3cc4cc(Br)c(OC(C)C)cc4n3)(CO1)C2. The first-order valence-electron chi connectivity index (χ1n) is 7.94. The molecular formula is C17H21BrN2O3. The largest absolute Gasteiger partial charge is 0.490 e. The molecular weight excluding hydrogens is 360 g/mol. The molecule has 2 bridgehead atoms. The first-order valence-corrected chi connectivity index (χ1v) is 8.74. The molecule has 0 N–H and O–H groups in total. The number of ether oxygens (including phenoxy) is 3. The van der Waals surface area contributed by atoms with Crippen LogP contribution in [-0.4, -0.2) is 41.8 Å². The quantitative estimate of drug-likeness (QED) is 0.796. The maximum Gasteiger partial charge on any atom is 0.136 e. The minimum Gasteiger partial charge on any atom is -0.490 e. The Labute approximate surface area is 144 Å². The van der Waals surface area contributed by atoms with Crippen LogP contribution in [0.2, 0.25) is 0 Å². The van der Waals surface area contributed by atoms with Gasteiger partial charge in [-0.2, -0.15) is 5.10 Å². The second-order valence-electron chi connectivity index (χ2n) is 7.06. The normalized spacial score (nSPS) is 29.3. The Kier molecular flexibility index (Phi) is 3.48. The molecule has 0 atom stereocenters. The van der Waals surface area contributed by atoms with Crippen LogP contribution >= 0.6 is 15.9 Å². The maximum atomic E-state index is 5.99. The summed E-state index contributed by atoms with van der Waals surface area (Å²) in [6.07, 6.45) is 4.19. The molecule has 5 rings (SSSR count). The van der Waals surface area contributed by atoms with Gasteiger partial charge >= 0.3 is 0 Å². The summed E-state index contributed by atoms with van der Waals surface area (Å²) < 4.78 is 20.2. The summed E-state index contributed by atoms with van der Waals surface area (Å²) in [5, 5.41) is 5.91. The lowest BCUT2D eigenvalue weighted by Crippen LogP contribution is -2.53. The predicted molar refractivity (Wildman–Crippen MR) is 91.0 cm³/mol. The number of fused-ring (bicyclic) bond motifs is 2. The van der Waals surface area contributed by atoms with Gasteiger partial charge in [0.25, 0.3) is 0 Å². The van der Waals surface area contributed by atoms with E-state index in [-0.39, 0.29) is 17.2 Å². The van der Waals surface area contributed by atoms with Crippen LogP contribution in [0.4, 0.5) is 0 Å². The van der Waals surface area contributed by atoms with Gasteiger partial charge in [-0.15, -0.1) is 0 Å². The second-order valence-corrected chi connectivity index (χ2v) is 7.92. The van der Waals surface area contributed by atoms with Crippen molar-refractivity contribution in [2.24, 2.45) is 0 Å². The first kappa shape index (κ1) is 15.4. The van der Waals surface area contributed by atoms with Crippen molar-refractivity contribution in [3.8, 4) is 5.75 Å². The van der Waals surface area contributed by atoms with Crippen molar-refractivity contribution in [3.63, 3.8) is 0 Å².